The van der Waals surface area contributed by atoms with Crippen molar-refractivity contribution < 1.29 is 27.5 Å². The molecule has 0 saturated carbocycles. The Hall–Kier alpha value is -2.45. The molecule has 32 heavy (non-hydrogen) atoms. The molecule has 0 bridgehead atoms. The Kier molecular flexibility index (Phi) is 6.02. The zero-order valence-electron chi connectivity index (χ0n) is 17.9. The molecule has 0 radical (unpaired) electrons. The van der Waals surface area contributed by atoms with Crippen molar-refractivity contribution in [1.82, 2.24) is 10.2 Å². The predicted molar refractivity (Wildman–Crippen MR) is 111 cm³/mol. The molecular weight excluding hydrogens is 424 g/mol. The van der Waals surface area contributed by atoms with Gasteiger partial charge in [0.05, 0.1) is 11.5 Å². The molecule has 2 heterocycles. The highest BCUT2D eigenvalue weighted by Crippen LogP contribution is 2.42. The highest BCUT2D eigenvalue weighted by molar-refractivity contribution is 5.81. The van der Waals surface area contributed by atoms with Crippen molar-refractivity contribution in [2.75, 3.05) is 26.2 Å². The summed E-state index contributed by atoms with van der Waals surface area (Å²) in [5.74, 6) is -5.39. The smallest absolute Gasteiger partial charge is 0.227 e. The van der Waals surface area contributed by atoms with Crippen molar-refractivity contribution in [3.8, 4) is 0 Å². The van der Waals surface area contributed by atoms with Gasteiger partial charge in [-0.3, -0.25) is 4.79 Å². The lowest BCUT2D eigenvalue weighted by Crippen LogP contribution is -2.57. The van der Waals surface area contributed by atoms with E-state index in [1.165, 1.54) is 18.2 Å². The average molecular weight is 450 g/mol. The lowest BCUT2D eigenvalue weighted by Gasteiger charge is -2.48. The quantitative estimate of drug-likeness (QED) is 0.704. The first kappa shape index (κ1) is 22.7. The van der Waals surface area contributed by atoms with Gasteiger partial charge in [0.25, 0.3) is 0 Å². The number of carbonyl (C=O) groups is 1. The summed E-state index contributed by atoms with van der Waals surface area (Å²) in [5.41, 5.74) is -0.856. The Morgan fingerprint density at radius 1 is 0.969 bits per heavy atom. The maximum absolute atomic E-state index is 14.4. The molecule has 4 atom stereocenters. The van der Waals surface area contributed by atoms with Crippen LogP contribution in [0.2, 0.25) is 0 Å². The molecule has 0 spiro atoms. The van der Waals surface area contributed by atoms with Crippen LogP contribution in [0.5, 0.6) is 0 Å². The predicted octanol–water partition coefficient (Wildman–Crippen LogP) is 3.55. The van der Waals surface area contributed by atoms with Crippen LogP contribution in [0.3, 0.4) is 0 Å². The van der Waals surface area contributed by atoms with Crippen molar-refractivity contribution in [2.24, 2.45) is 17.8 Å². The molecule has 0 aromatic heterocycles. The van der Waals surface area contributed by atoms with Gasteiger partial charge in [-0.15, -0.1) is 0 Å². The van der Waals surface area contributed by atoms with E-state index in [0.29, 0.717) is 18.7 Å². The van der Waals surface area contributed by atoms with Crippen LogP contribution in [-0.4, -0.2) is 42.1 Å². The summed E-state index contributed by atoms with van der Waals surface area (Å²) < 4.78 is 54.9. The highest BCUT2D eigenvalue weighted by atomic mass is 19.2. The van der Waals surface area contributed by atoms with Gasteiger partial charge in [-0.2, -0.15) is 0 Å². The van der Waals surface area contributed by atoms with Crippen LogP contribution < -0.4 is 5.32 Å². The summed E-state index contributed by atoms with van der Waals surface area (Å²) in [5, 5.41) is 14.6. The van der Waals surface area contributed by atoms with Crippen LogP contribution in [0.25, 0.3) is 0 Å². The standard InChI is InChI=1S/C24H26F4N2O2/c1-13-11-30(12-14(2)24(13,32)15-3-6-20(26)22(28)7-15)23(31)19-10-29-9-18(19)17-5-4-16(25)8-21(17)27/h3-8,13-14,18-19,29,32H,9-12H2,1-2H3/t13?,14?,18-,19+,24?/m0/s1. The minimum atomic E-state index is -1.43. The minimum absolute atomic E-state index is 0.172. The number of amides is 1. The number of aliphatic hydroxyl groups is 1. The van der Waals surface area contributed by atoms with Gasteiger partial charge in [-0.1, -0.05) is 26.0 Å². The molecule has 4 rings (SSSR count). The van der Waals surface area contributed by atoms with E-state index in [9.17, 15) is 27.5 Å². The van der Waals surface area contributed by atoms with Gasteiger partial charge in [0.15, 0.2) is 11.6 Å². The Balaban J connectivity index is 1.55. The fourth-order valence-electron chi connectivity index (χ4n) is 5.30. The number of nitrogens with zero attached hydrogens (tertiary/aromatic N) is 1. The number of nitrogens with one attached hydrogen (secondary N) is 1. The van der Waals surface area contributed by atoms with Crippen molar-refractivity contribution >= 4 is 5.91 Å². The first-order valence-electron chi connectivity index (χ1n) is 10.7. The van der Waals surface area contributed by atoms with E-state index < -0.39 is 52.5 Å². The molecule has 1 amide bonds. The largest absolute Gasteiger partial charge is 0.384 e. The Morgan fingerprint density at radius 2 is 1.66 bits per heavy atom. The second-order valence-electron chi connectivity index (χ2n) is 9.04. The third-order valence-electron chi connectivity index (χ3n) is 7.08. The van der Waals surface area contributed by atoms with Gasteiger partial charge in [0.1, 0.15) is 11.6 Å². The number of likely N-dealkylation sites (tertiary alicyclic amines) is 1. The molecule has 2 aromatic rings. The van der Waals surface area contributed by atoms with Crippen molar-refractivity contribution in [1.29, 1.82) is 0 Å². The van der Waals surface area contributed by atoms with Crippen LogP contribution in [0, 0.1) is 41.0 Å². The van der Waals surface area contributed by atoms with Gasteiger partial charge in [0, 0.05) is 50.0 Å². The lowest BCUT2D eigenvalue weighted by atomic mass is 9.70. The molecule has 0 aliphatic carbocycles. The van der Waals surface area contributed by atoms with Crippen molar-refractivity contribution in [3.63, 3.8) is 0 Å². The number of hydrogen-bond donors (Lipinski definition) is 2. The molecule has 2 aliphatic rings. The first-order chi connectivity index (χ1) is 15.1. The molecule has 2 aromatic carbocycles. The number of carbonyl (C=O) groups excluding carboxylic acids is 1. The van der Waals surface area contributed by atoms with E-state index in [1.807, 2.05) is 0 Å². The number of benzene rings is 2. The van der Waals surface area contributed by atoms with Gasteiger partial charge in [-0.25, -0.2) is 17.6 Å². The van der Waals surface area contributed by atoms with E-state index in [1.54, 1.807) is 18.7 Å². The summed E-state index contributed by atoms with van der Waals surface area (Å²) in [6.07, 6.45) is 0. The summed E-state index contributed by atoms with van der Waals surface area (Å²) >= 11 is 0. The number of piperidine rings is 1. The molecule has 2 fully saturated rings. The van der Waals surface area contributed by atoms with Crippen molar-refractivity contribution in [3.05, 3.63) is 70.8 Å². The van der Waals surface area contributed by atoms with Gasteiger partial charge >= 0.3 is 0 Å². The van der Waals surface area contributed by atoms with E-state index >= 15 is 0 Å². The second-order valence-corrected chi connectivity index (χ2v) is 9.04. The summed E-state index contributed by atoms with van der Waals surface area (Å²) in [6, 6.07) is 6.76. The third-order valence-corrected chi connectivity index (χ3v) is 7.08. The summed E-state index contributed by atoms with van der Waals surface area (Å²) in [6.45, 7) is 4.73. The molecule has 8 heteroatoms. The third kappa shape index (κ3) is 3.79. The molecule has 2 N–H and O–H groups in total. The van der Waals surface area contributed by atoms with E-state index in [0.717, 1.165) is 18.2 Å². The summed E-state index contributed by atoms with van der Waals surface area (Å²) in [7, 11) is 0. The maximum Gasteiger partial charge on any atom is 0.227 e. The number of rotatable bonds is 3. The molecule has 2 aliphatic heterocycles. The molecule has 172 valence electrons. The fourth-order valence-corrected chi connectivity index (χ4v) is 5.30. The van der Waals surface area contributed by atoms with Crippen LogP contribution in [-0.2, 0) is 10.4 Å². The fraction of sp³-hybridized carbons (Fsp3) is 0.458. The van der Waals surface area contributed by atoms with Crippen LogP contribution in [0.15, 0.2) is 36.4 Å². The summed E-state index contributed by atoms with van der Waals surface area (Å²) in [4.78, 5) is 15.0. The van der Waals surface area contributed by atoms with Gasteiger partial charge in [-0.05, 0) is 29.3 Å². The minimum Gasteiger partial charge on any atom is -0.384 e. The molecule has 2 saturated heterocycles. The zero-order chi connectivity index (χ0) is 23.2. The van der Waals surface area contributed by atoms with Crippen molar-refractivity contribution in [2.45, 2.75) is 25.4 Å². The Labute approximate surface area is 184 Å². The lowest BCUT2D eigenvalue weighted by molar-refractivity contribution is -0.152. The SMILES string of the molecule is CC1CN(C(=O)[C@@H]2CNC[C@H]2c2ccc(F)cc2F)CC(C)C1(O)c1ccc(F)c(F)c1. The average Bonchev–Trinajstić information content (AvgIpc) is 3.22. The topological polar surface area (TPSA) is 52.6 Å². The molecular formula is C24H26F4N2O2. The molecule has 2 unspecified atom stereocenters. The number of hydrogen-bond acceptors (Lipinski definition) is 3. The van der Waals surface area contributed by atoms with E-state index in [2.05, 4.69) is 5.32 Å². The molecule has 4 nitrogen and oxygen atoms in total. The first-order valence-corrected chi connectivity index (χ1v) is 10.7. The highest BCUT2D eigenvalue weighted by Gasteiger charge is 2.48. The second kappa shape index (κ2) is 8.48. The zero-order valence-corrected chi connectivity index (χ0v) is 17.9. The van der Waals surface area contributed by atoms with E-state index in [4.69, 9.17) is 0 Å². The van der Waals surface area contributed by atoms with Gasteiger partial charge in [0.2, 0.25) is 5.91 Å². The maximum atomic E-state index is 14.4. The number of halogens is 4. The van der Waals surface area contributed by atoms with E-state index in [-0.39, 0.29) is 24.6 Å². The van der Waals surface area contributed by atoms with Crippen LogP contribution in [0.1, 0.15) is 30.9 Å². The normalized spacial score (nSPS) is 30.5. The van der Waals surface area contributed by atoms with Gasteiger partial charge < -0.3 is 15.3 Å². The van der Waals surface area contributed by atoms with Crippen LogP contribution in [0.4, 0.5) is 17.6 Å². The van der Waals surface area contributed by atoms with Crippen LogP contribution >= 0.6 is 0 Å². The Bertz CT molecular complexity index is 1020. The Morgan fingerprint density at radius 3 is 2.28 bits per heavy atom. The monoisotopic (exact) mass is 450 g/mol.